The first kappa shape index (κ1) is 20.0. The first-order chi connectivity index (χ1) is 11.2. The van der Waals surface area contributed by atoms with E-state index in [2.05, 4.69) is 10.1 Å². The molecule has 1 aromatic rings. The number of hydrogen-bond donors (Lipinski definition) is 2. The molecule has 0 radical (unpaired) electrons. The number of carboxylic acid groups (broad SMARTS) is 1. The van der Waals surface area contributed by atoms with Gasteiger partial charge in [-0.2, -0.15) is 0 Å². The van der Waals surface area contributed by atoms with Crippen molar-refractivity contribution in [2.45, 2.75) is 40.7 Å². The molecule has 24 heavy (non-hydrogen) atoms. The highest BCUT2D eigenvalue weighted by Crippen LogP contribution is 2.25. The maximum atomic E-state index is 11.2. The first-order valence-corrected chi connectivity index (χ1v) is 7.91. The Hall–Kier alpha value is -2.08. The highest BCUT2D eigenvalue weighted by Gasteiger charge is 2.26. The van der Waals surface area contributed by atoms with E-state index in [9.17, 15) is 9.59 Å². The van der Waals surface area contributed by atoms with Gasteiger partial charge >= 0.3 is 11.9 Å². The van der Waals surface area contributed by atoms with Crippen LogP contribution < -0.4 is 10.1 Å². The fourth-order valence-electron chi connectivity index (χ4n) is 2.30. The van der Waals surface area contributed by atoms with Crippen LogP contribution >= 0.6 is 0 Å². The molecular formula is C18H27NO5. The van der Waals surface area contributed by atoms with Crippen molar-refractivity contribution in [1.29, 1.82) is 0 Å². The molecule has 0 aliphatic heterocycles. The lowest BCUT2D eigenvalue weighted by Crippen LogP contribution is -2.28. The number of aliphatic carboxylic acids is 1. The summed E-state index contributed by atoms with van der Waals surface area (Å²) >= 11 is 0. The number of nitrogens with one attached hydrogen (secondary N) is 1. The number of carbonyl (C=O) groups excluding carboxylic acids is 1. The molecule has 6 nitrogen and oxygen atoms in total. The third kappa shape index (κ3) is 5.85. The molecule has 2 N–H and O–H groups in total. The second kappa shape index (κ2) is 8.68. The smallest absolute Gasteiger partial charge is 0.343 e. The Morgan fingerprint density at radius 1 is 1.21 bits per heavy atom. The van der Waals surface area contributed by atoms with Gasteiger partial charge in [-0.25, -0.2) is 4.79 Å². The van der Waals surface area contributed by atoms with E-state index in [1.807, 2.05) is 26.0 Å². The summed E-state index contributed by atoms with van der Waals surface area (Å²) in [6, 6.07) is 3.99. The molecule has 0 bridgehead atoms. The van der Waals surface area contributed by atoms with Gasteiger partial charge in [0.25, 0.3) is 0 Å². The van der Waals surface area contributed by atoms with Crippen LogP contribution in [0.4, 0.5) is 0 Å². The first-order valence-electron chi connectivity index (χ1n) is 7.91. The number of hydrogen-bond acceptors (Lipinski definition) is 5. The summed E-state index contributed by atoms with van der Waals surface area (Å²) in [4.78, 5) is 22.2. The second-order valence-corrected chi connectivity index (χ2v) is 6.54. The van der Waals surface area contributed by atoms with Crippen LogP contribution in [0.15, 0.2) is 12.1 Å². The van der Waals surface area contributed by atoms with Crippen molar-refractivity contribution in [3.8, 4) is 5.75 Å². The molecule has 0 amide bonds. The maximum Gasteiger partial charge on any atom is 0.343 e. The summed E-state index contributed by atoms with van der Waals surface area (Å²) in [5.41, 5.74) is 2.25. The molecule has 6 heteroatoms. The van der Waals surface area contributed by atoms with Crippen LogP contribution in [-0.4, -0.2) is 37.3 Å². The summed E-state index contributed by atoms with van der Waals surface area (Å²) in [6.45, 7) is 8.46. The van der Waals surface area contributed by atoms with Crippen molar-refractivity contribution in [2.75, 3.05) is 20.3 Å². The minimum absolute atomic E-state index is 0.111. The Balaban J connectivity index is 2.59. The van der Waals surface area contributed by atoms with Gasteiger partial charge in [-0.1, -0.05) is 12.1 Å². The number of benzene rings is 1. The molecule has 1 aromatic carbocycles. The topological polar surface area (TPSA) is 84.9 Å². The Morgan fingerprint density at radius 2 is 1.79 bits per heavy atom. The van der Waals surface area contributed by atoms with Crippen molar-refractivity contribution in [3.63, 3.8) is 0 Å². The van der Waals surface area contributed by atoms with Crippen LogP contribution in [0.5, 0.6) is 5.75 Å². The van der Waals surface area contributed by atoms with Crippen molar-refractivity contribution >= 4 is 11.9 Å². The van der Waals surface area contributed by atoms with E-state index in [4.69, 9.17) is 9.84 Å². The number of esters is 1. The van der Waals surface area contributed by atoms with E-state index in [-0.39, 0.29) is 6.61 Å². The monoisotopic (exact) mass is 337 g/mol. The van der Waals surface area contributed by atoms with Crippen molar-refractivity contribution in [2.24, 2.45) is 5.41 Å². The lowest BCUT2D eigenvalue weighted by atomic mass is 9.90. The maximum absolute atomic E-state index is 11.2. The molecule has 134 valence electrons. The zero-order chi connectivity index (χ0) is 18.3. The highest BCUT2D eigenvalue weighted by molar-refractivity contribution is 5.73. The third-order valence-corrected chi connectivity index (χ3v) is 3.92. The van der Waals surface area contributed by atoms with E-state index in [0.717, 1.165) is 16.7 Å². The number of ether oxygens (including phenoxy) is 2. The van der Waals surface area contributed by atoms with E-state index < -0.39 is 17.4 Å². The highest BCUT2D eigenvalue weighted by atomic mass is 16.6. The number of carboxylic acids is 1. The van der Waals surface area contributed by atoms with Crippen LogP contribution in [0.3, 0.4) is 0 Å². The molecule has 1 rings (SSSR count). The largest absolute Gasteiger partial charge is 0.481 e. The zero-order valence-electron chi connectivity index (χ0n) is 15.1. The van der Waals surface area contributed by atoms with Gasteiger partial charge in [0.05, 0.1) is 12.5 Å². The average Bonchev–Trinajstić information content (AvgIpc) is 2.50. The molecule has 0 atom stereocenters. The molecule has 0 saturated heterocycles. The fraction of sp³-hybridized carbons (Fsp3) is 0.556. The minimum Gasteiger partial charge on any atom is -0.481 e. The third-order valence-electron chi connectivity index (χ3n) is 3.92. The van der Waals surface area contributed by atoms with Gasteiger partial charge in [0.15, 0.2) is 6.61 Å². The number of methoxy groups -OCH3 is 1. The molecule has 0 aliphatic rings. The van der Waals surface area contributed by atoms with Gasteiger partial charge in [-0.05, 0) is 57.4 Å². The van der Waals surface area contributed by atoms with Gasteiger partial charge in [0.2, 0.25) is 0 Å². The van der Waals surface area contributed by atoms with Crippen LogP contribution in [0, 0.1) is 19.3 Å². The van der Waals surface area contributed by atoms with E-state index in [0.29, 0.717) is 25.3 Å². The van der Waals surface area contributed by atoms with Crippen molar-refractivity contribution < 1.29 is 24.2 Å². The van der Waals surface area contributed by atoms with Gasteiger partial charge < -0.3 is 19.9 Å². The van der Waals surface area contributed by atoms with Gasteiger partial charge in [0.1, 0.15) is 5.75 Å². The minimum atomic E-state index is -0.789. The summed E-state index contributed by atoms with van der Waals surface area (Å²) in [6.07, 6.45) is 0.556. The van der Waals surface area contributed by atoms with Gasteiger partial charge in [-0.15, -0.1) is 0 Å². The molecule has 0 aromatic heterocycles. The predicted octanol–water partition coefficient (Wildman–Crippen LogP) is 2.45. The Labute approximate surface area is 143 Å². The molecule has 0 aliphatic carbocycles. The van der Waals surface area contributed by atoms with Crippen molar-refractivity contribution in [1.82, 2.24) is 5.32 Å². The quantitative estimate of drug-likeness (QED) is 0.532. The standard InChI is InChI=1S/C18H27NO5/c1-12-8-14(10-19-7-6-18(3,4)17(21)22)9-13(2)16(12)24-11-15(20)23-5/h8-9,19H,6-7,10-11H2,1-5H3,(H,21,22). The van der Waals surface area contributed by atoms with E-state index in [1.165, 1.54) is 7.11 Å². The molecule has 0 fully saturated rings. The summed E-state index contributed by atoms with van der Waals surface area (Å²) in [5.74, 6) is -0.514. The Morgan fingerprint density at radius 3 is 2.29 bits per heavy atom. The summed E-state index contributed by atoms with van der Waals surface area (Å²) in [5, 5.41) is 12.4. The van der Waals surface area contributed by atoms with Gasteiger partial charge in [0, 0.05) is 6.54 Å². The summed E-state index contributed by atoms with van der Waals surface area (Å²) in [7, 11) is 1.33. The van der Waals surface area contributed by atoms with Gasteiger partial charge in [-0.3, -0.25) is 4.79 Å². The lowest BCUT2D eigenvalue weighted by molar-refractivity contribution is -0.147. The van der Waals surface area contributed by atoms with Crippen molar-refractivity contribution in [3.05, 3.63) is 28.8 Å². The van der Waals surface area contributed by atoms with Crippen LogP contribution in [0.25, 0.3) is 0 Å². The molecule has 0 heterocycles. The molecular weight excluding hydrogens is 310 g/mol. The fourth-order valence-corrected chi connectivity index (χ4v) is 2.30. The van der Waals surface area contributed by atoms with Crippen LogP contribution in [-0.2, 0) is 20.9 Å². The Kier molecular flexibility index (Phi) is 7.22. The SMILES string of the molecule is COC(=O)COc1c(C)cc(CNCCC(C)(C)C(=O)O)cc1C. The lowest BCUT2D eigenvalue weighted by Gasteiger charge is -2.19. The van der Waals surface area contributed by atoms with E-state index in [1.54, 1.807) is 13.8 Å². The molecule has 0 unspecified atom stereocenters. The van der Waals surface area contributed by atoms with Crippen LogP contribution in [0.2, 0.25) is 0 Å². The number of carbonyl (C=O) groups is 2. The number of rotatable bonds is 9. The predicted molar refractivity (Wildman–Crippen MR) is 91.2 cm³/mol. The normalized spacial score (nSPS) is 11.2. The van der Waals surface area contributed by atoms with Crippen LogP contribution in [0.1, 0.15) is 37.0 Å². The zero-order valence-corrected chi connectivity index (χ0v) is 15.1. The number of aryl methyl sites for hydroxylation is 2. The average molecular weight is 337 g/mol. The Bertz CT molecular complexity index is 572. The van der Waals surface area contributed by atoms with E-state index >= 15 is 0 Å². The second-order valence-electron chi connectivity index (χ2n) is 6.54. The summed E-state index contributed by atoms with van der Waals surface area (Å²) < 4.78 is 10.1. The molecule has 0 saturated carbocycles. The molecule has 0 spiro atoms.